The van der Waals surface area contributed by atoms with Gasteiger partial charge in [0.2, 0.25) is 5.91 Å². The summed E-state index contributed by atoms with van der Waals surface area (Å²) in [6.07, 6.45) is 0.935. The third-order valence-corrected chi connectivity index (χ3v) is 2.21. The van der Waals surface area contributed by atoms with Gasteiger partial charge < -0.3 is 10.5 Å². The standard InChI is InChI=1S/C8H16N2O2/c1-6(7(9)11)10-8(2)3-4-12-5-8/h6,10H,3-5H2,1-2H3,(H2,9,11). The van der Waals surface area contributed by atoms with Gasteiger partial charge in [-0.05, 0) is 20.3 Å². The lowest BCUT2D eigenvalue weighted by Gasteiger charge is -2.26. The van der Waals surface area contributed by atoms with Crippen LogP contribution in [0.5, 0.6) is 0 Å². The molecular formula is C8H16N2O2. The van der Waals surface area contributed by atoms with Crippen molar-refractivity contribution in [3.63, 3.8) is 0 Å². The van der Waals surface area contributed by atoms with E-state index in [0.717, 1.165) is 13.0 Å². The first kappa shape index (κ1) is 9.48. The lowest BCUT2D eigenvalue weighted by molar-refractivity contribution is -0.120. The topological polar surface area (TPSA) is 64.3 Å². The quantitative estimate of drug-likeness (QED) is 0.610. The average molecular weight is 172 g/mol. The van der Waals surface area contributed by atoms with Crippen molar-refractivity contribution in [1.29, 1.82) is 0 Å². The van der Waals surface area contributed by atoms with Crippen molar-refractivity contribution in [2.24, 2.45) is 5.73 Å². The zero-order chi connectivity index (χ0) is 9.19. The molecule has 1 fully saturated rings. The van der Waals surface area contributed by atoms with Gasteiger partial charge in [-0.25, -0.2) is 0 Å². The van der Waals surface area contributed by atoms with E-state index in [1.165, 1.54) is 0 Å². The van der Waals surface area contributed by atoms with Crippen LogP contribution in [0, 0.1) is 0 Å². The Morgan fingerprint density at radius 2 is 2.42 bits per heavy atom. The first-order valence-electron chi connectivity index (χ1n) is 4.18. The van der Waals surface area contributed by atoms with E-state index in [9.17, 15) is 4.79 Å². The minimum absolute atomic E-state index is 0.0750. The lowest BCUT2D eigenvalue weighted by atomic mass is 10.0. The number of nitrogens with two attached hydrogens (primary N) is 1. The summed E-state index contributed by atoms with van der Waals surface area (Å²) < 4.78 is 5.23. The third-order valence-electron chi connectivity index (χ3n) is 2.21. The van der Waals surface area contributed by atoms with Gasteiger partial charge in [0.15, 0.2) is 0 Å². The molecule has 1 saturated heterocycles. The largest absolute Gasteiger partial charge is 0.379 e. The number of nitrogens with one attached hydrogen (secondary N) is 1. The van der Waals surface area contributed by atoms with Crippen LogP contribution in [0.3, 0.4) is 0 Å². The summed E-state index contributed by atoms with van der Waals surface area (Å²) in [4.78, 5) is 10.7. The summed E-state index contributed by atoms with van der Waals surface area (Å²) in [5.41, 5.74) is 5.06. The van der Waals surface area contributed by atoms with Gasteiger partial charge in [-0.15, -0.1) is 0 Å². The molecule has 0 aromatic carbocycles. The van der Waals surface area contributed by atoms with Crippen LogP contribution in [0.2, 0.25) is 0 Å². The SMILES string of the molecule is CC(NC1(C)CCOC1)C(N)=O. The number of rotatable bonds is 3. The van der Waals surface area contributed by atoms with Crippen LogP contribution >= 0.6 is 0 Å². The van der Waals surface area contributed by atoms with E-state index in [0.29, 0.717) is 6.61 Å². The number of amides is 1. The zero-order valence-electron chi connectivity index (χ0n) is 7.59. The highest BCUT2D eigenvalue weighted by molar-refractivity contribution is 5.79. The molecule has 4 heteroatoms. The molecule has 2 unspecified atom stereocenters. The Bertz CT molecular complexity index is 176. The van der Waals surface area contributed by atoms with Crippen LogP contribution in [0.4, 0.5) is 0 Å². The summed E-state index contributed by atoms with van der Waals surface area (Å²) in [6, 6.07) is -0.281. The average Bonchev–Trinajstić information content (AvgIpc) is 2.35. The maximum absolute atomic E-state index is 10.7. The Morgan fingerprint density at radius 1 is 1.75 bits per heavy atom. The molecule has 1 amide bonds. The lowest BCUT2D eigenvalue weighted by Crippen LogP contribution is -2.52. The second kappa shape index (κ2) is 3.41. The van der Waals surface area contributed by atoms with Crippen molar-refractivity contribution in [3.8, 4) is 0 Å². The van der Waals surface area contributed by atoms with Crippen molar-refractivity contribution >= 4 is 5.91 Å². The summed E-state index contributed by atoms with van der Waals surface area (Å²) in [7, 11) is 0. The Labute approximate surface area is 72.5 Å². The summed E-state index contributed by atoms with van der Waals surface area (Å²) in [5, 5.41) is 3.16. The summed E-state index contributed by atoms with van der Waals surface area (Å²) >= 11 is 0. The van der Waals surface area contributed by atoms with E-state index >= 15 is 0 Å². The van der Waals surface area contributed by atoms with Gasteiger partial charge in [-0.2, -0.15) is 0 Å². The predicted molar refractivity (Wildman–Crippen MR) is 45.6 cm³/mol. The maximum Gasteiger partial charge on any atom is 0.234 e. The van der Waals surface area contributed by atoms with Crippen molar-refractivity contribution in [1.82, 2.24) is 5.32 Å². The fourth-order valence-electron chi connectivity index (χ4n) is 1.37. The maximum atomic E-state index is 10.7. The first-order chi connectivity index (χ1) is 5.53. The number of carbonyl (C=O) groups excluding carboxylic acids is 1. The number of ether oxygens (including phenoxy) is 1. The first-order valence-corrected chi connectivity index (χ1v) is 4.18. The molecule has 1 heterocycles. The summed E-state index contributed by atoms with van der Waals surface area (Å²) in [6.45, 7) is 5.23. The third kappa shape index (κ3) is 2.19. The van der Waals surface area contributed by atoms with Gasteiger partial charge in [0.1, 0.15) is 0 Å². The molecule has 0 saturated carbocycles. The number of primary amides is 1. The normalized spacial score (nSPS) is 31.8. The highest BCUT2D eigenvalue weighted by Gasteiger charge is 2.31. The number of carbonyl (C=O) groups is 1. The van der Waals surface area contributed by atoms with E-state index in [2.05, 4.69) is 5.32 Å². The smallest absolute Gasteiger partial charge is 0.234 e. The van der Waals surface area contributed by atoms with Gasteiger partial charge in [-0.1, -0.05) is 0 Å². The zero-order valence-corrected chi connectivity index (χ0v) is 7.59. The number of hydrogen-bond acceptors (Lipinski definition) is 3. The molecule has 0 aromatic rings. The molecule has 0 aromatic heterocycles. The molecule has 1 rings (SSSR count). The molecule has 0 bridgehead atoms. The van der Waals surface area contributed by atoms with Crippen LogP contribution < -0.4 is 11.1 Å². The molecule has 3 N–H and O–H groups in total. The molecule has 70 valence electrons. The van der Waals surface area contributed by atoms with Crippen LogP contribution in [0.15, 0.2) is 0 Å². The Morgan fingerprint density at radius 3 is 2.83 bits per heavy atom. The van der Waals surface area contributed by atoms with E-state index < -0.39 is 0 Å². The predicted octanol–water partition coefficient (Wildman–Crippen LogP) is -0.371. The van der Waals surface area contributed by atoms with E-state index in [4.69, 9.17) is 10.5 Å². The molecule has 0 aliphatic carbocycles. The van der Waals surface area contributed by atoms with Gasteiger partial charge in [0.25, 0.3) is 0 Å². The van der Waals surface area contributed by atoms with Crippen molar-refractivity contribution in [2.75, 3.05) is 13.2 Å². The van der Waals surface area contributed by atoms with Crippen LogP contribution in [0.25, 0.3) is 0 Å². The molecule has 1 aliphatic heterocycles. The highest BCUT2D eigenvalue weighted by Crippen LogP contribution is 2.17. The van der Waals surface area contributed by atoms with E-state index in [1.54, 1.807) is 6.92 Å². The van der Waals surface area contributed by atoms with Crippen LogP contribution in [0.1, 0.15) is 20.3 Å². The minimum atomic E-state index is -0.317. The van der Waals surface area contributed by atoms with Crippen molar-refractivity contribution in [3.05, 3.63) is 0 Å². The molecule has 0 radical (unpaired) electrons. The van der Waals surface area contributed by atoms with Gasteiger partial charge in [0, 0.05) is 12.1 Å². The van der Waals surface area contributed by atoms with Crippen molar-refractivity contribution < 1.29 is 9.53 Å². The second-order valence-corrected chi connectivity index (χ2v) is 3.63. The Kier molecular flexibility index (Phi) is 2.69. The second-order valence-electron chi connectivity index (χ2n) is 3.63. The van der Waals surface area contributed by atoms with E-state index in [1.807, 2.05) is 6.92 Å². The molecule has 4 nitrogen and oxygen atoms in total. The molecule has 1 aliphatic rings. The van der Waals surface area contributed by atoms with Gasteiger partial charge >= 0.3 is 0 Å². The Balaban J connectivity index is 2.43. The Hall–Kier alpha value is -0.610. The minimum Gasteiger partial charge on any atom is -0.379 e. The molecule has 12 heavy (non-hydrogen) atoms. The molecule has 0 spiro atoms. The number of hydrogen-bond donors (Lipinski definition) is 2. The van der Waals surface area contributed by atoms with Crippen molar-refractivity contribution in [2.45, 2.75) is 31.8 Å². The highest BCUT2D eigenvalue weighted by atomic mass is 16.5. The molecular weight excluding hydrogens is 156 g/mol. The van der Waals surface area contributed by atoms with E-state index in [-0.39, 0.29) is 17.5 Å². The van der Waals surface area contributed by atoms with Gasteiger partial charge in [0.05, 0.1) is 12.6 Å². The van der Waals surface area contributed by atoms with Crippen LogP contribution in [-0.2, 0) is 9.53 Å². The van der Waals surface area contributed by atoms with Gasteiger partial charge in [-0.3, -0.25) is 10.1 Å². The molecule has 2 atom stereocenters. The summed E-state index contributed by atoms with van der Waals surface area (Å²) in [5.74, 6) is -0.317. The van der Waals surface area contributed by atoms with Crippen LogP contribution in [-0.4, -0.2) is 30.7 Å². The monoisotopic (exact) mass is 172 g/mol. The fourth-order valence-corrected chi connectivity index (χ4v) is 1.37. The fraction of sp³-hybridized carbons (Fsp3) is 0.875.